The van der Waals surface area contributed by atoms with Gasteiger partial charge in [-0.1, -0.05) is 30.3 Å². The average molecular weight is 367 g/mol. The van der Waals surface area contributed by atoms with Crippen molar-refractivity contribution in [2.45, 2.75) is 57.0 Å². The monoisotopic (exact) mass is 366 g/mol. The number of ether oxygens (including phenoxy) is 1. The Hall–Kier alpha value is -1.10. The Balaban J connectivity index is 0.00000225. The first kappa shape index (κ1) is 20.2. The summed E-state index contributed by atoms with van der Waals surface area (Å²) in [5.74, 6) is 0.788. The van der Waals surface area contributed by atoms with Crippen LogP contribution in [0.25, 0.3) is 0 Å². The Bertz CT molecular complexity index is 500. The molecule has 2 N–H and O–H groups in total. The van der Waals surface area contributed by atoms with E-state index in [-0.39, 0.29) is 18.3 Å². The number of carbonyl (C=O) groups excluding carboxylic acids is 1. The number of carbonyl (C=O) groups is 1. The maximum Gasteiger partial charge on any atom is 0.220 e. The summed E-state index contributed by atoms with van der Waals surface area (Å²) in [4.78, 5) is 12.0. The van der Waals surface area contributed by atoms with Crippen LogP contribution >= 0.6 is 12.4 Å². The number of nitrogens with one attached hydrogen (secondary N) is 2. The van der Waals surface area contributed by atoms with Gasteiger partial charge in [0.25, 0.3) is 0 Å². The predicted molar refractivity (Wildman–Crippen MR) is 103 cm³/mol. The predicted octanol–water partition coefficient (Wildman–Crippen LogP) is 3.09. The maximum atomic E-state index is 12.0. The van der Waals surface area contributed by atoms with E-state index >= 15 is 0 Å². The largest absolute Gasteiger partial charge is 0.381 e. The standard InChI is InChI=1S/C20H30N2O2.ClH/c23-20(15-17-13-18-7-8-19(14-17)22-18)21-10-4-11-24-12-9-16-5-2-1-3-6-16;/h1-3,5-6,17-19,22H,4,7-15H2,(H,21,23);1H. The Kier molecular flexibility index (Phi) is 8.73. The first-order valence-electron chi connectivity index (χ1n) is 9.44. The van der Waals surface area contributed by atoms with Crippen molar-refractivity contribution in [2.75, 3.05) is 19.8 Å². The first-order chi connectivity index (χ1) is 11.8. The van der Waals surface area contributed by atoms with E-state index in [9.17, 15) is 4.79 Å². The van der Waals surface area contributed by atoms with Crippen molar-refractivity contribution in [3.8, 4) is 0 Å². The molecule has 2 saturated heterocycles. The van der Waals surface area contributed by atoms with E-state index in [1.54, 1.807) is 0 Å². The lowest BCUT2D eigenvalue weighted by atomic mass is 9.89. The summed E-state index contributed by atoms with van der Waals surface area (Å²) in [6.07, 6.45) is 7.47. The molecule has 2 aliphatic rings. The quantitative estimate of drug-likeness (QED) is 0.660. The minimum absolute atomic E-state index is 0. The number of amides is 1. The zero-order valence-electron chi connectivity index (χ0n) is 14.9. The van der Waals surface area contributed by atoms with Crippen molar-refractivity contribution < 1.29 is 9.53 Å². The van der Waals surface area contributed by atoms with Gasteiger partial charge in [0.2, 0.25) is 5.91 Å². The van der Waals surface area contributed by atoms with Crippen molar-refractivity contribution >= 4 is 18.3 Å². The summed E-state index contributed by atoms with van der Waals surface area (Å²) >= 11 is 0. The second-order valence-corrected chi connectivity index (χ2v) is 7.23. The summed E-state index contributed by atoms with van der Waals surface area (Å²) in [5.41, 5.74) is 1.31. The summed E-state index contributed by atoms with van der Waals surface area (Å²) in [7, 11) is 0. The van der Waals surface area contributed by atoms with Crippen molar-refractivity contribution in [1.29, 1.82) is 0 Å². The molecule has 1 amide bonds. The minimum Gasteiger partial charge on any atom is -0.381 e. The fourth-order valence-corrected chi connectivity index (χ4v) is 4.01. The lowest BCUT2D eigenvalue weighted by molar-refractivity contribution is -0.122. The van der Waals surface area contributed by atoms with Crippen LogP contribution in [0, 0.1) is 5.92 Å². The number of hydrogen-bond acceptors (Lipinski definition) is 3. The van der Waals surface area contributed by atoms with Gasteiger partial charge in [0.1, 0.15) is 0 Å². The molecule has 140 valence electrons. The van der Waals surface area contributed by atoms with Crippen LogP contribution in [0.2, 0.25) is 0 Å². The molecule has 0 spiro atoms. The molecule has 0 aliphatic carbocycles. The van der Waals surface area contributed by atoms with Crippen LogP contribution in [0.15, 0.2) is 30.3 Å². The van der Waals surface area contributed by atoms with Gasteiger partial charge in [-0.3, -0.25) is 4.79 Å². The van der Waals surface area contributed by atoms with E-state index in [1.807, 2.05) is 6.07 Å². The molecule has 1 aromatic carbocycles. The molecule has 1 aromatic rings. The summed E-state index contributed by atoms with van der Waals surface area (Å²) in [5, 5.41) is 6.68. The molecule has 3 rings (SSSR count). The van der Waals surface area contributed by atoms with Crippen LogP contribution in [0.5, 0.6) is 0 Å². The number of hydrogen-bond donors (Lipinski definition) is 2. The zero-order chi connectivity index (χ0) is 16.6. The molecule has 0 radical (unpaired) electrons. The van der Waals surface area contributed by atoms with Crippen LogP contribution in [0.1, 0.15) is 44.1 Å². The molecule has 5 heteroatoms. The highest BCUT2D eigenvalue weighted by Gasteiger charge is 2.33. The van der Waals surface area contributed by atoms with Gasteiger partial charge in [-0.15, -0.1) is 12.4 Å². The van der Waals surface area contributed by atoms with E-state index < -0.39 is 0 Å². The summed E-state index contributed by atoms with van der Waals surface area (Å²) in [6.45, 7) is 2.18. The molecular weight excluding hydrogens is 336 g/mol. The first-order valence-corrected chi connectivity index (χ1v) is 9.44. The highest BCUT2D eigenvalue weighted by atomic mass is 35.5. The molecule has 0 aromatic heterocycles. The number of rotatable bonds is 9. The molecule has 25 heavy (non-hydrogen) atoms. The van der Waals surface area contributed by atoms with Crippen molar-refractivity contribution in [1.82, 2.24) is 10.6 Å². The lowest BCUT2D eigenvalue weighted by Gasteiger charge is -2.28. The third-order valence-corrected chi connectivity index (χ3v) is 5.21. The van der Waals surface area contributed by atoms with Gasteiger partial charge in [-0.25, -0.2) is 0 Å². The van der Waals surface area contributed by atoms with Gasteiger partial charge in [0, 0.05) is 31.7 Å². The van der Waals surface area contributed by atoms with Crippen molar-refractivity contribution in [3.63, 3.8) is 0 Å². The van der Waals surface area contributed by atoms with Gasteiger partial charge in [-0.2, -0.15) is 0 Å². The normalized spacial score (nSPS) is 24.6. The second kappa shape index (κ2) is 10.8. The van der Waals surface area contributed by atoms with Gasteiger partial charge in [0.05, 0.1) is 6.61 Å². The number of fused-ring (bicyclic) bond motifs is 2. The highest BCUT2D eigenvalue weighted by molar-refractivity contribution is 5.85. The Morgan fingerprint density at radius 3 is 2.56 bits per heavy atom. The third-order valence-electron chi connectivity index (χ3n) is 5.21. The van der Waals surface area contributed by atoms with Gasteiger partial charge >= 0.3 is 0 Å². The van der Waals surface area contributed by atoms with Crippen LogP contribution in [-0.4, -0.2) is 37.7 Å². The summed E-state index contributed by atoms with van der Waals surface area (Å²) < 4.78 is 5.65. The van der Waals surface area contributed by atoms with Crippen LogP contribution in [0.4, 0.5) is 0 Å². The van der Waals surface area contributed by atoms with Crippen molar-refractivity contribution in [2.24, 2.45) is 5.92 Å². The minimum atomic E-state index is 0. The van der Waals surface area contributed by atoms with E-state index in [0.29, 0.717) is 31.0 Å². The van der Waals surface area contributed by atoms with Gasteiger partial charge in [-0.05, 0) is 50.0 Å². The molecule has 2 atom stereocenters. The van der Waals surface area contributed by atoms with E-state index in [0.717, 1.165) is 26.0 Å². The number of benzene rings is 1. The zero-order valence-corrected chi connectivity index (χ0v) is 15.7. The lowest BCUT2D eigenvalue weighted by Crippen LogP contribution is -2.39. The summed E-state index contributed by atoms with van der Waals surface area (Å²) in [6, 6.07) is 11.7. The van der Waals surface area contributed by atoms with Crippen LogP contribution in [0.3, 0.4) is 0 Å². The topological polar surface area (TPSA) is 50.4 Å². The molecule has 2 fully saturated rings. The Morgan fingerprint density at radius 1 is 1.12 bits per heavy atom. The molecule has 2 heterocycles. The molecule has 2 bridgehead atoms. The van der Waals surface area contributed by atoms with Crippen molar-refractivity contribution in [3.05, 3.63) is 35.9 Å². The van der Waals surface area contributed by atoms with Crippen LogP contribution < -0.4 is 10.6 Å². The second-order valence-electron chi connectivity index (χ2n) is 7.23. The smallest absolute Gasteiger partial charge is 0.220 e. The maximum absolute atomic E-state index is 12.0. The van der Waals surface area contributed by atoms with Crippen LogP contribution in [-0.2, 0) is 16.0 Å². The Morgan fingerprint density at radius 2 is 1.84 bits per heavy atom. The molecule has 2 aliphatic heterocycles. The third kappa shape index (κ3) is 6.96. The average Bonchev–Trinajstić information content (AvgIpc) is 2.93. The highest BCUT2D eigenvalue weighted by Crippen LogP contribution is 2.32. The molecular formula is C20H31ClN2O2. The van der Waals surface area contributed by atoms with E-state index in [4.69, 9.17) is 4.74 Å². The fourth-order valence-electron chi connectivity index (χ4n) is 4.01. The Labute approximate surface area is 157 Å². The SMILES string of the molecule is Cl.O=C(CC1CC2CCC(C1)N2)NCCCOCCc1ccccc1. The molecule has 4 nitrogen and oxygen atoms in total. The van der Waals surface area contributed by atoms with Gasteiger partial charge in [0.15, 0.2) is 0 Å². The number of halogens is 1. The van der Waals surface area contributed by atoms with E-state index in [2.05, 4.69) is 34.9 Å². The van der Waals surface area contributed by atoms with E-state index in [1.165, 1.54) is 31.2 Å². The molecule has 0 saturated carbocycles. The fraction of sp³-hybridized carbons (Fsp3) is 0.650. The molecule has 2 unspecified atom stereocenters. The van der Waals surface area contributed by atoms with Gasteiger partial charge < -0.3 is 15.4 Å². The number of piperidine rings is 1.